The Bertz CT molecular complexity index is 736. The summed E-state index contributed by atoms with van der Waals surface area (Å²) in [5.41, 5.74) is -0.0217. The fourth-order valence-corrected chi connectivity index (χ4v) is 5.63. The van der Waals surface area contributed by atoms with Crippen LogP contribution in [0.3, 0.4) is 0 Å². The van der Waals surface area contributed by atoms with Gasteiger partial charge in [0.2, 0.25) is 5.91 Å². The van der Waals surface area contributed by atoms with E-state index in [1.54, 1.807) is 11.8 Å². The van der Waals surface area contributed by atoms with Crippen LogP contribution in [0.4, 0.5) is 0 Å². The second-order valence-electron chi connectivity index (χ2n) is 7.08. The van der Waals surface area contributed by atoms with Gasteiger partial charge in [-0.25, -0.2) is 9.59 Å². The van der Waals surface area contributed by atoms with E-state index in [0.717, 1.165) is 0 Å². The summed E-state index contributed by atoms with van der Waals surface area (Å²) in [4.78, 5) is 39.5. The van der Waals surface area contributed by atoms with Crippen molar-refractivity contribution in [2.75, 3.05) is 13.7 Å². The zero-order chi connectivity index (χ0) is 20.0. The molecule has 27 heavy (non-hydrogen) atoms. The number of carbonyl (C=O) groups excluding carboxylic acids is 2. The normalized spacial score (nSPS) is 30.9. The van der Waals surface area contributed by atoms with E-state index < -0.39 is 30.0 Å². The summed E-state index contributed by atoms with van der Waals surface area (Å²) in [6.45, 7) is 3.56. The first kappa shape index (κ1) is 19.7. The molecule has 1 amide bonds. The van der Waals surface area contributed by atoms with E-state index >= 15 is 0 Å². The number of hydrogen-bond donors (Lipinski definition) is 3. The zero-order valence-electron chi connectivity index (χ0n) is 15.3. The Morgan fingerprint density at radius 1 is 1.41 bits per heavy atom. The molecule has 0 bridgehead atoms. The van der Waals surface area contributed by atoms with Gasteiger partial charge in [0.25, 0.3) is 0 Å². The van der Waals surface area contributed by atoms with E-state index in [2.05, 4.69) is 0 Å². The molecule has 3 aliphatic heterocycles. The van der Waals surface area contributed by atoms with Gasteiger partial charge in [-0.1, -0.05) is 0 Å². The monoisotopic (exact) mass is 397 g/mol. The Hall–Kier alpha value is -2.07. The number of methoxy groups -OCH3 is 1. The first-order chi connectivity index (χ1) is 12.7. The minimum absolute atomic E-state index is 0.0217. The molecule has 1 unspecified atom stereocenters. The van der Waals surface area contributed by atoms with Crippen molar-refractivity contribution in [3.8, 4) is 0 Å². The maximum Gasteiger partial charge on any atom is 0.353 e. The molecule has 148 valence electrons. The van der Waals surface area contributed by atoms with Crippen LogP contribution in [0.25, 0.3) is 0 Å². The quantitative estimate of drug-likeness (QED) is 0.260. The van der Waals surface area contributed by atoms with Gasteiger partial charge in [-0.3, -0.25) is 10.2 Å². The Labute approximate surface area is 160 Å². The molecule has 2 fully saturated rings. The number of amides is 1. The van der Waals surface area contributed by atoms with Crippen molar-refractivity contribution >= 4 is 35.4 Å². The first-order valence-electron chi connectivity index (χ1n) is 8.71. The highest BCUT2D eigenvalue weighted by Gasteiger charge is 2.57. The van der Waals surface area contributed by atoms with Crippen LogP contribution in [0, 0.1) is 11.3 Å². The van der Waals surface area contributed by atoms with Gasteiger partial charge in [0.1, 0.15) is 11.7 Å². The van der Waals surface area contributed by atoms with Gasteiger partial charge >= 0.3 is 11.9 Å². The summed E-state index contributed by atoms with van der Waals surface area (Å²) in [5.74, 6) is -2.28. The molecular formula is C17H23N3O6S. The van der Waals surface area contributed by atoms with Gasteiger partial charge in [-0.15, -0.1) is 11.8 Å². The highest BCUT2D eigenvalue weighted by molar-refractivity contribution is 8.03. The topological polar surface area (TPSA) is 131 Å². The molecule has 3 N–H and O–H groups in total. The fraction of sp³-hybridized carbons (Fsp3) is 0.647. The summed E-state index contributed by atoms with van der Waals surface area (Å²) < 4.78 is 4.82. The lowest BCUT2D eigenvalue weighted by Gasteiger charge is -2.44. The van der Waals surface area contributed by atoms with Crippen molar-refractivity contribution in [2.45, 2.75) is 50.1 Å². The van der Waals surface area contributed by atoms with E-state index in [4.69, 9.17) is 10.1 Å². The average molecular weight is 397 g/mol. The summed E-state index contributed by atoms with van der Waals surface area (Å²) in [7, 11) is 1.30. The third-order valence-corrected chi connectivity index (χ3v) is 6.69. The van der Waals surface area contributed by atoms with E-state index in [0.29, 0.717) is 24.3 Å². The van der Waals surface area contributed by atoms with Crippen LogP contribution in [0.2, 0.25) is 0 Å². The molecule has 0 aromatic heterocycles. The van der Waals surface area contributed by atoms with Crippen molar-refractivity contribution < 1.29 is 29.3 Å². The number of rotatable bonds is 5. The number of esters is 1. The predicted molar refractivity (Wildman–Crippen MR) is 97.0 cm³/mol. The molecule has 0 spiro atoms. The standard InChI is InChI=1S/C17H23N3O6S/c1-7(21)13-10-5-12(14(16(23)24)20(10)15(13)22)27-9-4-11(17(25)26-3)19(6-9)8(2)18/h7,9-11,13,18,21H,4-6H2,1-3H3,(H,23,24)/t7?,9-,10+,11-,13+/m0/s1. The lowest BCUT2D eigenvalue weighted by molar-refractivity contribution is -0.161. The van der Waals surface area contributed by atoms with Gasteiger partial charge in [-0.05, 0) is 20.3 Å². The van der Waals surface area contributed by atoms with Gasteiger partial charge in [0.15, 0.2) is 0 Å². The summed E-state index contributed by atoms with van der Waals surface area (Å²) in [6.07, 6.45) is -0.0108. The maximum absolute atomic E-state index is 12.3. The number of hydrogen-bond acceptors (Lipinski definition) is 7. The number of fused-ring (bicyclic) bond motifs is 1. The number of carboxylic acids is 1. The van der Waals surface area contributed by atoms with E-state index in [1.165, 1.54) is 30.7 Å². The van der Waals surface area contributed by atoms with Crippen molar-refractivity contribution in [3.05, 3.63) is 10.6 Å². The molecule has 0 saturated carbocycles. The van der Waals surface area contributed by atoms with Crippen molar-refractivity contribution in [1.82, 2.24) is 9.80 Å². The number of β-lactam (4-membered cyclic amide) rings is 1. The second-order valence-corrected chi connectivity index (χ2v) is 8.47. The Morgan fingerprint density at radius 2 is 2.07 bits per heavy atom. The average Bonchev–Trinajstić information content (AvgIpc) is 3.14. The van der Waals surface area contributed by atoms with Crippen molar-refractivity contribution in [2.24, 2.45) is 5.92 Å². The van der Waals surface area contributed by atoms with E-state index in [1.807, 2.05) is 0 Å². The lowest BCUT2D eigenvalue weighted by atomic mass is 9.83. The molecule has 0 aromatic rings. The van der Waals surface area contributed by atoms with Crippen LogP contribution < -0.4 is 0 Å². The Balaban J connectivity index is 1.79. The molecule has 3 heterocycles. The SMILES string of the molecule is COC(=O)[C@@H]1C[C@H](SC2=C(C(=O)O)N3C(=O)[C@H](C(C)O)[C@H]3C2)CN1C(C)=N. The molecule has 0 aliphatic carbocycles. The predicted octanol–water partition coefficient (Wildman–Crippen LogP) is 0.240. The van der Waals surface area contributed by atoms with Crippen LogP contribution in [-0.4, -0.2) is 80.8 Å². The van der Waals surface area contributed by atoms with Crippen LogP contribution in [-0.2, 0) is 19.1 Å². The Kier molecular flexibility index (Phi) is 5.22. The first-order valence-corrected chi connectivity index (χ1v) is 9.59. The lowest BCUT2D eigenvalue weighted by Crippen LogP contribution is -2.61. The third kappa shape index (κ3) is 3.20. The molecule has 5 atom stereocenters. The highest BCUT2D eigenvalue weighted by atomic mass is 32.2. The van der Waals surface area contributed by atoms with Crippen LogP contribution >= 0.6 is 11.8 Å². The van der Waals surface area contributed by atoms with Crippen LogP contribution in [0.1, 0.15) is 26.7 Å². The number of ether oxygens (including phenoxy) is 1. The minimum atomic E-state index is -1.17. The van der Waals surface area contributed by atoms with Gasteiger partial charge < -0.3 is 24.7 Å². The van der Waals surface area contributed by atoms with Crippen LogP contribution in [0.5, 0.6) is 0 Å². The summed E-state index contributed by atoms with van der Waals surface area (Å²) in [5, 5.41) is 27.2. The van der Waals surface area contributed by atoms with Crippen LogP contribution in [0.15, 0.2) is 10.6 Å². The van der Waals surface area contributed by atoms with Crippen molar-refractivity contribution in [1.29, 1.82) is 5.41 Å². The zero-order valence-corrected chi connectivity index (χ0v) is 16.2. The van der Waals surface area contributed by atoms with E-state index in [-0.39, 0.29) is 28.7 Å². The van der Waals surface area contributed by atoms with Gasteiger partial charge in [0.05, 0.1) is 31.0 Å². The maximum atomic E-state index is 12.3. The number of aliphatic carboxylic acids is 1. The molecule has 0 aromatic carbocycles. The number of thioether (sulfide) groups is 1. The molecule has 0 radical (unpaired) electrons. The fourth-order valence-electron chi connectivity index (χ4n) is 4.15. The summed E-state index contributed by atoms with van der Waals surface area (Å²) >= 11 is 1.34. The Morgan fingerprint density at radius 3 is 2.59 bits per heavy atom. The second kappa shape index (κ2) is 7.16. The molecule has 3 rings (SSSR count). The number of nitrogens with zero attached hydrogens (tertiary/aromatic N) is 2. The number of likely N-dealkylation sites (tertiary alicyclic amines) is 1. The molecule has 2 saturated heterocycles. The molecular weight excluding hydrogens is 374 g/mol. The minimum Gasteiger partial charge on any atom is -0.477 e. The number of carboxylic acid groups (broad SMARTS) is 1. The smallest absolute Gasteiger partial charge is 0.353 e. The summed E-state index contributed by atoms with van der Waals surface area (Å²) in [6, 6.07) is -0.895. The van der Waals surface area contributed by atoms with Crippen molar-refractivity contribution in [3.63, 3.8) is 0 Å². The number of amidine groups is 1. The number of aliphatic hydroxyl groups is 1. The number of nitrogens with one attached hydrogen (secondary N) is 1. The highest BCUT2D eigenvalue weighted by Crippen LogP contribution is 2.49. The number of carbonyl (C=O) groups is 3. The van der Waals surface area contributed by atoms with Gasteiger partial charge in [-0.2, -0.15) is 0 Å². The number of aliphatic hydroxyl groups excluding tert-OH is 1. The van der Waals surface area contributed by atoms with E-state index in [9.17, 15) is 24.6 Å². The molecule has 10 heteroatoms. The largest absolute Gasteiger partial charge is 0.477 e. The molecule has 9 nitrogen and oxygen atoms in total. The molecule has 3 aliphatic rings. The third-order valence-electron chi connectivity index (χ3n) is 5.37. The van der Waals surface area contributed by atoms with Gasteiger partial charge in [0, 0.05) is 23.1 Å².